The van der Waals surface area contributed by atoms with E-state index in [4.69, 9.17) is 0 Å². The SMILES string of the molecule is O=C(c1ccc[nH]1)c1c(F)cccc1-c1nncs1. The number of carbonyl (C=O) groups is 1. The first-order valence-corrected chi connectivity index (χ1v) is 6.38. The highest BCUT2D eigenvalue weighted by Gasteiger charge is 2.21. The summed E-state index contributed by atoms with van der Waals surface area (Å²) in [5, 5.41) is 8.13. The third kappa shape index (κ3) is 2.06. The number of rotatable bonds is 3. The van der Waals surface area contributed by atoms with Gasteiger partial charge in [-0.05, 0) is 18.2 Å². The molecule has 4 nitrogen and oxygen atoms in total. The van der Waals surface area contributed by atoms with Gasteiger partial charge in [-0.25, -0.2) is 4.39 Å². The van der Waals surface area contributed by atoms with Gasteiger partial charge >= 0.3 is 0 Å². The molecule has 1 N–H and O–H groups in total. The van der Waals surface area contributed by atoms with E-state index in [1.807, 2.05) is 0 Å². The number of ketones is 1. The molecule has 0 bridgehead atoms. The van der Waals surface area contributed by atoms with E-state index in [2.05, 4.69) is 15.2 Å². The third-order valence-electron chi connectivity index (χ3n) is 2.67. The van der Waals surface area contributed by atoms with Gasteiger partial charge in [0, 0.05) is 11.8 Å². The predicted octanol–water partition coefficient (Wildman–Crippen LogP) is 2.90. The van der Waals surface area contributed by atoms with Crippen LogP contribution in [0.3, 0.4) is 0 Å². The van der Waals surface area contributed by atoms with E-state index in [1.54, 1.807) is 36.0 Å². The van der Waals surface area contributed by atoms with Crippen LogP contribution in [0.5, 0.6) is 0 Å². The number of hydrogen-bond donors (Lipinski definition) is 1. The molecular formula is C13H8FN3OS. The largest absolute Gasteiger partial charge is 0.359 e. The Balaban J connectivity index is 2.18. The van der Waals surface area contributed by atoms with Crippen LogP contribution in [0.25, 0.3) is 10.6 Å². The molecule has 0 fully saturated rings. The molecule has 6 heteroatoms. The normalized spacial score (nSPS) is 10.6. The number of carbonyl (C=O) groups excluding carboxylic acids is 1. The van der Waals surface area contributed by atoms with Crippen LogP contribution in [0, 0.1) is 5.82 Å². The molecule has 94 valence electrons. The van der Waals surface area contributed by atoms with E-state index < -0.39 is 11.6 Å². The minimum Gasteiger partial charge on any atom is -0.359 e. The van der Waals surface area contributed by atoms with Crippen LogP contribution in [0.1, 0.15) is 16.1 Å². The summed E-state index contributed by atoms with van der Waals surface area (Å²) in [5.74, 6) is -0.958. The average molecular weight is 273 g/mol. The molecule has 0 radical (unpaired) electrons. The Bertz CT molecular complexity index is 708. The molecule has 0 unspecified atom stereocenters. The van der Waals surface area contributed by atoms with Crippen molar-refractivity contribution in [2.45, 2.75) is 0 Å². The smallest absolute Gasteiger partial charge is 0.212 e. The summed E-state index contributed by atoms with van der Waals surface area (Å²) in [6, 6.07) is 7.79. The predicted molar refractivity (Wildman–Crippen MR) is 69.5 cm³/mol. The fraction of sp³-hybridized carbons (Fsp3) is 0. The van der Waals surface area contributed by atoms with Crippen molar-refractivity contribution in [1.29, 1.82) is 0 Å². The van der Waals surface area contributed by atoms with Crippen LogP contribution in [-0.4, -0.2) is 21.0 Å². The van der Waals surface area contributed by atoms with E-state index in [-0.39, 0.29) is 5.56 Å². The fourth-order valence-electron chi connectivity index (χ4n) is 1.83. The summed E-state index contributed by atoms with van der Waals surface area (Å²) in [6.45, 7) is 0. The van der Waals surface area contributed by atoms with Crippen LogP contribution >= 0.6 is 11.3 Å². The van der Waals surface area contributed by atoms with Gasteiger partial charge in [-0.3, -0.25) is 4.79 Å². The molecule has 0 aliphatic carbocycles. The van der Waals surface area contributed by atoms with Crippen molar-refractivity contribution in [3.63, 3.8) is 0 Å². The highest BCUT2D eigenvalue weighted by atomic mass is 32.1. The van der Waals surface area contributed by atoms with Crippen LogP contribution in [-0.2, 0) is 0 Å². The number of aromatic amines is 1. The maximum absolute atomic E-state index is 14.0. The molecule has 3 aromatic rings. The van der Waals surface area contributed by atoms with Crippen LogP contribution < -0.4 is 0 Å². The maximum atomic E-state index is 14.0. The first-order chi connectivity index (χ1) is 9.27. The van der Waals surface area contributed by atoms with Crippen molar-refractivity contribution in [3.8, 4) is 10.6 Å². The lowest BCUT2D eigenvalue weighted by molar-refractivity contribution is 0.103. The lowest BCUT2D eigenvalue weighted by Gasteiger charge is -2.06. The minimum atomic E-state index is -0.563. The van der Waals surface area contributed by atoms with Crippen LogP contribution in [0.4, 0.5) is 4.39 Å². The summed E-state index contributed by atoms with van der Waals surface area (Å²) in [6.07, 6.45) is 1.62. The molecule has 1 aromatic carbocycles. The third-order valence-corrected chi connectivity index (χ3v) is 3.40. The highest BCUT2D eigenvalue weighted by Crippen LogP contribution is 2.28. The molecule has 0 saturated heterocycles. The molecule has 0 aliphatic heterocycles. The Morgan fingerprint density at radius 3 is 2.84 bits per heavy atom. The number of hydrogen-bond acceptors (Lipinski definition) is 4. The highest BCUT2D eigenvalue weighted by molar-refractivity contribution is 7.12. The Labute approximate surface area is 111 Å². The molecule has 2 heterocycles. The van der Waals surface area contributed by atoms with Gasteiger partial charge in [0.05, 0.1) is 11.3 Å². The van der Waals surface area contributed by atoms with Crippen molar-refractivity contribution in [2.75, 3.05) is 0 Å². The molecular weight excluding hydrogens is 265 g/mol. The Morgan fingerprint density at radius 1 is 1.26 bits per heavy atom. The fourth-order valence-corrected chi connectivity index (χ4v) is 2.42. The summed E-state index contributed by atoms with van der Waals surface area (Å²) < 4.78 is 14.0. The van der Waals surface area contributed by atoms with Gasteiger partial charge in [0.2, 0.25) is 5.78 Å². The first kappa shape index (κ1) is 11.7. The van der Waals surface area contributed by atoms with Gasteiger partial charge < -0.3 is 4.98 Å². The van der Waals surface area contributed by atoms with Gasteiger partial charge in [-0.1, -0.05) is 23.5 Å². The Kier molecular flexibility index (Phi) is 2.92. The Morgan fingerprint density at radius 2 is 2.16 bits per heavy atom. The number of nitrogens with one attached hydrogen (secondary N) is 1. The minimum absolute atomic E-state index is 0.0155. The molecule has 0 saturated carbocycles. The van der Waals surface area contributed by atoms with E-state index in [9.17, 15) is 9.18 Å². The molecule has 2 aromatic heterocycles. The van der Waals surface area contributed by atoms with Crippen LogP contribution in [0.15, 0.2) is 42.0 Å². The summed E-state index contributed by atoms with van der Waals surface area (Å²) in [7, 11) is 0. The second-order valence-corrected chi connectivity index (χ2v) is 4.65. The molecule has 0 atom stereocenters. The molecule has 0 aliphatic rings. The average Bonchev–Trinajstić information content (AvgIpc) is 3.11. The maximum Gasteiger partial charge on any atom is 0.212 e. The summed E-state index contributed by atoms with van der Waals surface area (Å²) in [5.41, 5.74) is 2.36. The number of benzene rings is 1. The lowest BCUT2D eigenvalue weighted by atomic mass is 10.0. The second kappa shape index (κ2) is 4.74. The zero-order chi connectivity index (χ0) is 13.2. The second-order valence-electron chi connectivity index (χ2n) is 3.82. The quantitative estimate of drug-likeness (QED) is 0.746. The zero-order valence-electron chi connectivity index (χ0n) is 9.63. The van der Waals surface area contributed by atoms with Crippen LogP contribution in [0.2, 0.25) is 0 Å². The summed E-state index contributed by atoms with van der Waals surface area (Å²) >= 11 is 1.26. The van der Waals surface area contributed by atoms with Crippen molar-refractivity contribution >= 4 is 17.1 Å². The number of aromatic nitrogens is 3. The van der Waals surface area contributed by atoms with E-state index in [0.29, 0.717) is 16.3 Å². The van der Waals surface area contributed by atoms with E-state index in [0.717, 1.165) is 0 Å². The van der Waals surface area contributed by atoms with Gasteiger partial charge in [0.15, 0.2) is 0 Å². The standard InChI is InChI=1S/C13H8FN3OS/c14-9-4-1-3-8(13-17-16-7-19-13)11(9)12(18)10-5-2-6-15-10/h1-7,15H. The lowest BCUT2D eigenvalue weighted by Crippen LogP contribution is -2.07. The molecule has 19 heavy (non-hydrogen) atoms. The number of halogens is 1. The van der Waals surface area contributed by atoms with Gasteiger partial charge in [0.1, 0.15) is 16.3 Å². The van der Waals surface area contributed by atoms with Crippen molar-refractivity contribution in [2.24, 2.45) is 0 Å². The molecule has 3 rings (SSSR count). The monoisotopic (exact) mass is 273 g/mol. The zero-order valence-corrected chi connectivity index (χ0v) is 10.4. The van der Waals surface area contributed by atoms with Crippen molar-refractivity contribution in [3.05, 3.63) is 59.1 Å². The Hall–Kier alpha value is -2.34. The van der Waals surface area contributed by atoms with E-state index >= 15 is 0 Å². The first-order valence-electron chi connectivity index (χ1n) is 5.50. The topological polar surface area (TPSA) is 58.6 Å². The number of H-pyrrole nitrogens is 1. The molecule has 0 spiro atoms. The van der Waals surface area contributed by atoms with Gasteiger partial charge in [0.25, 0.3) is 0 Å². The summed E-state index contributed by atoms with van der Waals surface area (Å²) in [4.78, 5) is 15.1. The van der Waals surface area contributed by atoms with Gasteiger partial charge in [-0.2, -0.15) is 0 Å². The van der Waals surface area contributed by atoms with Gasteiger partial charge in [-0.15, -0.1) is 10.2 Å². The molecule has 0 amide bonds. The van der Waals surface area contributed by atoms with Crippen molar-refractivity contribution < 1.29 is 9.18 Å². The van der Waals surface area contributed by atoms with E-state index in [1.165, 1.54) is 17.4 Å². The number of nitrogens with zero attached hydrogens (tertiary/aromatic N) is 2. The van der Waals surface area contributed by atoms with Crippen molar-refractivity contribution in [1.82, 2.24) is 15.2 Å².